The Morgan fingerprint density at radius 2 is 1.79 bits per heavy atom. The zero-order valence-corrected chi connectivity index (χ0v) is 12.0. The van der Waals surface area contributed by atoms with Crippen molar-refractivity contribution in [3.8, 4) is 5.69 Å². The summed E-state index contributed by atoms with van der Waals surface area (Å²) in [4.78, 5) is 23.4. The maximum Gasteiger partial charge on any atom is 0.335 e. The number of nitrogens with one attached hydrogen (secondary N) is 1. The second-order valence-electron chi connectivity index (χ2n) is 5.16. The van der Waals surface area contributed by atoms with Crippen molar-refractivity contribution in [3.05, 3.63) is 64.2 Å². The summed E-state index contributed by atoms with van der Waals surface area (Å²) in [6.07, 6.45) is 0. The summed E-state index contributed by atoms with van der Waals surface area (Å²) in [6.45, 7) is 0. The van der Waals surface area contributed by atoms with Crippen LogP contribution < -0.4 is 5.56 Å². The van der Waals surface area contributed by atoms with Crippen LogP contribution in [-0.4, -0.2) is 31.1 Å². The molecule has 0 aliphatic rings. The topological polar surface area (TPSA) is 101 Å². The first-order valence-electron chi connectivity index (χ1n) is 6.95. The smallest absolute Gasteiger partial charge is 0.335 e. The third kappa shape index (κ3) is 1.97. The molecule has 0 saturated carbocycles. The van der Waals surface area contributed by atoms with Crippen molar-refractivity contribution in [1.29, 1.82) is 0 Å². The number of carboxylic acid groups (broad SMARTS) is 1. The second kappa shape index (κ2) is 4.98. The van der Waals surface area contributed by atoms with E-state index in [1.807, 2.05) is 0 Å². The lowest BCUT2D eigenvalue weighted by atomic mass is 10.2. The molecule has 24 heavy (non-hydrogen) atoms. The Hall–Kier alpha value is -3.55. The van der Waals surface area contributed by atoms with Gasteiger partial charge in [0, 0.05) is 5.39 Å². The Bertz CT molecular complexity index is 1160. The number of nitrogens with zero attached hydrogens (tertiary/aromatic N) is 3. The van der Waals surface area contributed by atoms with Crippen LogP contribution in [0.1, 0.15) is 10.4 Å². The molecule has 0 spiro atoms. The maximum absolute atomic E-state index is 13.8. The molecule has 0 atom stereocenters. The van der Waals surface area contributed by atoms with Crippen molar-refractivity contribution in [2.24, 2.45) is 0 Å². The molecule has 0 amide bonds. The molecule has 4 aromatic rings. The second-order valence-corrected chi connectivity index (χ2v) is 5.16. The first-order chi connectivity index (χ1) is 11.6. The molecule has 118 valence electrons. The van der Waals surface area contributed by atoms with Crippen molar-refractivity contribution in [3.63, 3.8) is 0 Å². The number of aromatic carboxylic acids is 1. The minimum Gasteiger partial charge on any atom is -0.478 e. The van der Waals surface area contributed by atoms with E-state index in [-0.39, 0.29) is 16.6 Å². The Labute approximate surface area is 133 Å². The zero-order valence-electron chi connectivity index (χ0n) is 12.0. The summed E-state index contributed by atoms with van der Waals surface area (Å²) in [5.41, 5.74) is 0.608. The number of aromatic nitrogens is 4. The molecular formula is C16H9FN4O3. The number of aromatic amines is 1. The largest absolute Gasteiger partial charge is 0.478 e. The fourth-order valence-electron chi connectivity index (χ4n) is 2.56. The normalized spacial score (nSPS) is 11.2. The van der Waals surface area contributed by atoms with E-state index in [0.717, 1.165) is 0 Å². The van der Waals surface area contributed by atoms with Crippen LogP contribution in [0, 0.1) is 5.82 Å². The number of carbonyl (C=O) groups is 1. The van der Waals surface area contributed by atoms with Gasteiger partial charge in [0.2, 0.25) is 0 Å². The molecule has 2 N–H and O–H groups in total. The van der Waals surface area contributed by atoms with Gasteiger partial charge in [0.1, 0.15) is 5.52 Å². The predicted octanol–water partition coefficient (Wildman–Crippen LogP) is 2.10. The summed E-state index contributed by atoms with van der Waals surface area (Å²) in [5, 5.41) is 19.8. The van der Waals surface area contributed by atoms with Crippen LogP contribution in [0.4, 0.5) is 4.39 Å². The van der Waals surface area contributed by atoms with Gasteiger partial charge < -0.3 is 5.11 Å². The van der Waals surface area contributed by atoms with Crippen molar-refractivity contribution in [1.82, 2.24) is 20.0 Å². The molecule has 7 nitrogen and oxygen atoms in total. The fourth-order valence-corrected chi connectivity index (χ4v) is 2.56. The number of hydrogen-bond acceptors (Lipinski definition) is 4. The molecule has 8 heteroatoms. The standard InChI is InChI=1S/C16H9FN4O3/c17-11-3-1-2-10-12(11)18-19-14-13(10)20-21(15(14)22)9-6-4-8(5-7-9)16(23)24/h1-7,20H,(H,23,24). The molecule has 0 unspecified atom stereocenters. The Kier molecular flexibility index (Phi) is 2.92. The molecule has 0 saturated heterocycles. The van der Waals surface area contributed by atoms with E-state index < -0.39 is 17.3 Å². The highest BCUT2D eigenvalue weighted by Crippen LogP contribution is 2.21. The monoisotopic (exact) mass is 324 g/mol. The van der Waals surface area contributed by atoms with Crippen molar-refractivity contribution in [2.45, 2.75) is 0 Å². The number of H-pyrrole nitrogens is 1. The first kappa shape index (κ1) is 14.1. The Balaban J connectivity index is 1.98. The van der Waals surface area contributed by atoms with E-state index in [0.29, 0.717) is 16.6 Å². The van der Waals surface area contributed by atoms with Crippen molar-refractivity contribution in [2.75, 3.05) is 0 Å². The van der Waals surface area contributed by atoms with Gasteiger partial charge in [-0.3, -0.25) is 9.89 Å². The fraction of sp³-hybridized carbons (Fsp3) is 0. The molecular weight excluding hydrogens is 315 g/mol. The van der Waals surface area contributed by atoms with Gasteiger partial charge in [0.15, 0.2) is 11.3 Å². The summed E-state index contributed by atoms with van der Waals surface area (Å²) < 4.78 is 15.0. The number of rotatable bonds is 2. The maximum atomic E-state index is 13.8. The minimum atomic E-state index is -1.06. The molecule has 0 aliphatic heterocycles. The van der Waals surface area contributed by atoms with Gasteiger partial charge in [-0.1, -0.05) is 12.1 Å². The molecule has 0 radical (unpaired) electrons. The van der Waals surface area contributed by atoms with E-state index in [2.05, 4.69) is 15.3 Å². The van der Waals surface area contributed by atoms with Crippen molar-refractivity contribution < 1.29 is 14.3 Å². The van der Waals surface area contributed by atoms with Crippen LogP contribution in [0.15, 0.2) is 47.3 Å². The summed E-state index contributed by atoms with van der Waals surface area (Å²) in [6, 6.07) is 10.2. The minimum absolute atomic E-state index is 0.0691. The molecule has 0 aliphatic carbocycles. The molecule has 4 rings (SSSR count). The first-order valence-corrected chi connectivity index (χ1v) is 6.95. The summed E-state index contributed by atoms with van der Waals surface area (Å²) in [7, 11) is 0. The van der Waals surface area contributed by atoms with E-state index >= 15 is 0 Å². The number of benzene rings is 2. The average molecular weight is 324 g/mol. The zero-order chi connectivity index (χ0) is 16.8. The van der Waals surface area contributed by atoms with E-state index in [4.69, 9.17) is 5.11 Å². The molecule has 2 aromatic heterocycles. The Morgan fingerprint density at radius 1 is 1.08 bits per heavy atom. The molecule has 2 aromatic carbocycles. The predicted molar refractivity (Wildman–Crippen MR) is 83.9 cm³/mol. The van der Waals surface area contributed by atoms with Crippen LogP contribution >= 0.6 is 0 Å². The van der Waals surface area contributed by atoms with Gasteiger partial charge in [-0.25, -0.2) is 13.9 Å². The quantitative estimate of drug-likeness (QED) is 0.588. The number of halogens is 1. The Morgan fingerprint density at radius 3 is 2.50 bits per heavy atom. The average Bonchev–Trinajstić information content (AvgIpc) is 2.93. The molecule has 0 bridgehead atoms. The van der Waals surface area contributed by atoms with Gasteiger partial charge >= 0.3 is 5.97 Å². The highest BCUT2D eigenvalue weighted by atomic mass is 19.1. The lowest BCUT2D eigenvalue weighted by Crippen LogP contribution is -2.15. The number of fused-ring (bicyclic) bond motifs is 3. The van der Waals surface area contributed by atoms with E-state index in [1.165, 1.54) is 41.1 Å². The number of carboxylic acids is 1. The van der Waals surface area contributed by atoms with Crippen LogP contribution in [0.5, 0.6) is 0 Å². The van der Waals surface area contributed by atoms with Gasteiger partial charge in [0.05, 0.1) is 16.8 Å². The number of hydrogen-bond donors (Lipinski definition) is 2. The summed E-state index contributed by atoms with van der Waals surface area (Å²) >= 11 is 0. The molecule has 0 fully saturated rings. The third-order valence-corrected chi connectivity index (χ3v) is 3.74. The van der Waals surface area contributed by atoms with Crippen LogP contribution in [0.25, 0.3) is 27.6 Å². The van der Waals surface area contributed by atoms with Gasteiger partial charge in [-0.15, -0.1) is 10.2 Å². The highest BCUT2D eigenvalue weighted by molar-refractivity contribution is 6.01. The van der Waals surface area contributed by atoms with Crippen LogP contribution in [0.2, 0.25) is 0 Å². The summed E-state index contributed by atoms with van der Waals surface area (Å²) in [5.74, 6) is -1.58. The van der Waals surface area contributed by atoms with Crippen molar-refractivity contribution >= 4 is 27.9 Å². The van der Waals surface area contributed by atoms with Gasteiger partial charge in [-0.05, 0) is 30.3 Å². The lowest BCUT2D eigenvalue weighted by molar-refractivity contribution is 0.0697. The SMILES string of the molecule is O=C(O)c1ccc(-n2[nH]c3c(nnc4c(F)cccc43)c2=O)cc1. The molecule has 2 heterocycles. The van der Waals surface area contributed by atoms with Crippen LogP contribution in [0.3, 0.4) is 0 Å². The highest BCUT2D eigenvalue weighted by Gasteiger charge is 2.15. The third-order valence-electron chi connectivity index (χ3n) is 3.74. The van der Waals surface area contributed by atoms with Gasteiger partial charge in [-0.2, -0.15) is 0 Å². The van der Waals surface area contributed by atoms with E-state index in [1.54, 1.807) is 6.07 Å². The van der Waals surface area contributed by atoms with Crippen LogP contribution in [-0.2, 0) is 0 Å². The lowest BCUT2D eigenvalue weighted by Gasteiger charge is -2.01. The van der Waals surface area contributed by atoms with Gasteiger partial charge in [0.25, 0.3) is 5.56 Å². The van der Waals surface area contributed by atoms with E-state index in [9.17, 15) is 14.0 Å².